The Morgan fingerprint density at radius 3 is 2.78 bits per heavy atom. The Morgan fingerprint density at radius 1 is 1.26 bits per heavy atom. The first-order chi connectivity index (χ1) is 12.7. The number of carbonyl (C=O) groups excluding carboxylic acids is 2. The highest BCUT2D eigenvalue weighted by Crippen LogP contribution is 2.35. The van der Waals surface area contributed by atoms with Crippen molar-refractivity contribution in [2.24, 2.45) is 0 Å². The van der Waals surface area contributed by atoms with Crippen LogP contribution in [0.3, 0.4) is 0 Å². The predicted molar refractivity (Wildman–Crippen MR) is 99.0 cm³/mol. The van der Waals surface area contributed by atoms with E-state index in [2.05, 4.69) is 10.6 Å². The number of nitrogens with one attached hydrogen (secondary N) is 2. The molecule has 0 bridgehead atoms. The fraction of sp³-hybridized carbons (Fsp3) is 0.300. The Balaban J connectivity index is 1.78. The van der Waals surface area contributed by atoms with Crippen molar-refractivity contribution in [3.63, 3.8) is 0 Å². The van der Waals surface area contributed by atoms with Crippen LogP contribution in [0.25, 0.3) is 11.1 Å². The molecule has 2 amide bonds. The van der Waals surface area contributed by atoms with Gasteiger partial charge in [-0.1, -0.05) is 18.2 Å². The number of carbonyl (C=O) groups is 2. The lowest BCUT2D eigenvalue weighted by Crippen LogP contribution is -2.32. The summed E-state index contributed by atoms with van der Waals surface area (Å²) in [5, 5.41) is 5.30. The largest absolute Gasteiger partial charge is 0.478 e. The van der Waals surface area contributed by atoms with Crippen LogP contribution in [0.5, 0.6) is 5.75 Å². The normalized spacial score (nSPS) is 13.3. The standard InChI is InChI=1S/C20H21FN2O4/c1-20(2,3)27-19(25)22-10-12-5-4-6-13(7-12)14-8-15(21)18-16(9-14)23-17(24)11-26-18/h4-9H,10-11H2,1-3H3,(H,22,25)(H,23,24). The van der Waals surface area contributed by atoms with Crippen molar-refractivity contribution in [1.29, 1.82) is 0 Å². The van der Waals surface area contributed by atoms with Gasteiger partial charge in [-0.25, -0.2) is 9.18 Å². The minimum atomic E-state index is -0.570. The zero-order valence-electron chi connectivity index (χ0n) is 15.4. The Hall–Kier alpha value is -3.09. The Labute approximate surface area is 156 Å². The highest BCUT2D eigenvalue weighted by Gasteiger charge is 2.21. The number of amides is 2. The molecule has 142 valence electrons. The van der Waals surface area contributed by atoms with Gasteiger partial charge in [-0.2, -0.15) is 0 Å². The van der Waals surface area contributed by atoms with Crippen LogP contribution < -0.4 is 15.4 Å². The number of hydrogen-bond donors (Lipinski definition) is 2. The second-order valence-electron chi connectivity index (χ2n) is 7.23. The second kappa shape index (κ2) is 7.26. The molecule has 0 saturated carbocycles. The molecule has 6 nitrogen and oxygen atoms in total. The smallest absolute Gasteiger partial charge is 0.407 e. The van der Waals surface area contributed by atoms with E-state index in [4.69, 9.17) is 9.47 Å². The zero-order chi connectivity index (χ0) is 19.6. The van der Waals surface area contributed by atoms with E-state index in [-0.39, 0.29) is 24.8 Å². The molecule has 0 aliphatic carbocycles. The lowest BCUT2D eigenvalue weighted by atomic mass is 10.0. The zero-order valence-corrected chi connectivity index (χ0v) is 15.4. The third-order valence-electron chi connectivity index (χ3n) is 3.76. The third-order valence-corrected chi connectivity index (χ3v) is 3.76. The first-order valence-corrected chi connectivity index (χ1v) is 8.54. The van der Waals surface area contributed by atoms with Gasteiger partial charge >= 0.3 is 6.09 Å². The van der Waals surface area contributed by atoms with Gasteiger partial charge in [0, 0.05) is 6.54 Å². The van der Waals surface area contributed by atoms with Crippen LogP contribution in [-0.4, -0.2) is 24.2 Å². The molecular weight excluding hydrogens is 351 g/mol. The maximum atomic E-state index is 14.3. The maximum absolute atomic E-state index is 14.3. The Kier molecular flexibility index (Phi) is 5.03. The third kappa shape index (κ3) is 4.75. The summed E-state index contributed by atoms with van der Waals surface area (Å²) in [6.45, 7) is 5.45. The molecular formula is C20H21FN2O4. The van der Waals surface area contributed by atoms with Crippen molar-refractivity contribution in [3.8, 4) is 16.9 Å². The number of ether oxygens (including phenoxy) is 2. The average Bonchev–Trinajstić information content (AvgIpc) is 2.58. The molecule has 1 aliphatic rings. The molecule has 0 fully saturated rings. The molecule has 27 heavy (non-hydrogen) atoms. The van der Waals surface area contributed by atoms with E-state index in [9.17, 15) is 14.0 Å². The van der Waals surface area contributed by atoms with E-state index in [1.165, 1.54) is 6.07 Å². The van der Waals surface area contributed by atoms with Crippen LogP contribution in [0.2, 0.25) is 0 Å². The van der Waals surface area contributed by atoms with Gasteiger partial charge in [0.15, 0.2) is 18.2 Å². The van der Waals surface area contributed by atoms with Crippen molar-refractivity contribution in [3.05, 3.63) is 47.8 Å². The van der Waals surface area contributed by atoms with Gasteiger partial charge in [-0.3, -0.25) is 4.79 Å². The van der Waals surface area contributed by atoms with Crippen molar-refractivity contribution >= 4 is 17.7 Å². The van der Waals surface area contributed by atoms with Crippen LogP contribution in [0.1, 0.15) is 26.3 Å². The first kappa shape index (κ1) is 18.7. The molecule has 3 rings (SSSR count). The summed E-state index contributed by atoms with van der Waals surface area (Å²) in [5.41, 5.74) is 1.91. The van der Waals surface area contributed by atoms with Crippen LogP contribution in [0.4, 0.5) is 14.9 Å². The highest BCUT2D eigenvalue weighted by molar-refractivity contribution is 5.96. The summed E-state index contributed by atoms with van der Waals surface area (Å²) in [4.78, 5) is 23.3. The van der Waals surface area contributed by atoms with Crippen LogP contribution in [-0.2, 0) is 16.1 Å². The topological polar surface area (TPSA) is 76.7 Å². The van der Waals surface area contributed by atoms with Crippen molar-refractivity contribution in [1.82, 2.24) is 5.32 Å². The molecule has 0 unspecified atom stereocenters. The fourth-order valence-electron chi connectivity index (χ4n) is 2.67. The van der Waals surface area contributed by atoms with Gasteiger partial charge in [0.2, 0.25) is 0 Å². The molecule has 0 spiro atoms. The van der Waals surface area contributed by atoms with E-state index in [0.717, 1.165) is 11.1 Å². The number of rotatable bonds is 3. The van der Waals surface area contributed by atoms with Crippen molar-refractivity contribution < 1.29 is 23.5 Å². The van der Waals surface area contributed by atoms with Crippen LogP contribution >= 0.6 is 0 Å². The molecule has 0 radical (unpaired) electrons. The molecule has 0 atom stereocenters. The number of alkyl carbamates (subject to hydrolysis) is 1. The number of hydrogen-bond acceptors (Lipinski definition) is 4. The van der Waals surface area contributed by atoms with E-state index in [1.54, 1.807) is 26.8 Å². The summed E-state index contributed by atoms with van der Waals surface area (Å²) < 4.78 is 24.7. The number of fused-ring (bicyclic) bond motifs is 1. The Bertz CT molecular complexity index is 890. The fourth-order valence-corrected chi connectivity index (χ4v) is 2.67. The second-order valence-corrected chi connectivity index (χ2v) is 7.23. The van der Waals surface area contributed by atoms with Crippen molar-refractivity contribution in [2.75, 3.05) is 11.9 Å². The minimum absolute atomic E-state index is 0.0427. The van der Waals surface area contributed by atoms with Gasteiger partial charge in [-0.05, 0) is 55.7 Å². The maximum Gasteiger partial charge on any atom is 0.407 e. The number of anilines is 1. The molecule has 1 aliphatic heterocycles. The summed E-state index contributed by atoms with van der Waals surface area (Å²) in [7, 11) is 0. The molecule has 0 aromatic heterocycles. The first-order valence-electron chi connectivity index (χ1n) is 8.54. The highest BCUT2D eigenvalue weighted by atomic mass is 19.1. The number of halogens is 1. The molecule has 1 heterocycles. The van der Waals surface area contributed by atoms with Gasteiger partial charge in [0.05, 0.1) is 5.69 Å². The number of benzene rings is 2. The summed E-state index contributed by atoms with van der Waals surface area (Å²) >= 11 is 0. The van der Waals surface area contributed by atoms with Crippen LogP contribution in [0, 0.1) is 5.82 Å². The predicted octanol–water partition coefficient (Wildman–Crippen LogP) is 3.85. The SMILES string of the molecule is CC(C)(C)OC(=O)NCc1cccc(-c2cc(F)c3c(c2)NC(=O)CO3)c1. The lowest BCUT2D eigenvalue weighted by Gasteiger charge is -2.20. The van der Waals surface area contributed by atoms with E-state index in [0.29, 0.717) is 11.3 Å². The lowest BCUT2D eigenvalue weighted by molar-refractivity contribution is -0.118. The van der Waals surface area contributed by atoms with E-state index < -0.39 is 17.5 Å². The van der Waals surface area contributed by atoms with Gasteiger partial charge < -0.3 is 20.1 Å². The summed E-state index contributed by atoms with van der Waals surface area (Å²) in [5.74, 6) is -0.824. The van der Waals surface area contributed by atoms with Gasteiger partial charge in [0.25, 0.3) is 5.91 Å². The van der Waals surface area contributed by atoms with E-state index >= 15 is 0 Å². The van der Waals surface area contributed by atoms with Crippen molar-refractivity contribution in [2.45, 2.75) is 32.9 Å². The quantitative estimate of drug-likeness (QED) is 0.858. The summed E-state index contributed by atoms with van der Waals surface area (Å²) in [6, 6.07) is 10.3. The summed E-state index contributed by atoms with van der Waals surface area (Å²) in [6.07, 6.45) is -0.507. The molecule has 2 N–H and O–H groups in total. The monoisotopic (exact) mass is 372 g/mol. The Morgan fingerprint density at radius 2 is 2.04 bits per heavy atom. The average molecular weight is 372 g/mol. The van der Waals surface area contributed by atoms with Gasteiger partial charge in [0.1, 0.15) is 5.60 Å². The minimum Gasteiger partial charge on any atom is -0.478 e. The van der Waals surface area contributed by atoms with Gasteiger partial charge in [-0.15, -0.1) is 0 Å². The molecule has 2 aromatic carbocycles. The molecule has 7 heteroatoms. The molecule has 2 aromatic rings. The molecule has 0 saturated heterocycles. The van der Waals surface area contributed by atoms with E-state index in [1.807, 2.05) is 24.3 Å². The van der Waals surface area contributed by atoms with Crippen LogP contribution in [0.15, 0.2) is 36.4 Å².